The fraction of sp³-hybridized carbons (Fsp3) is 0.545. The molecule has 0 spiro atoms. The molecular weight excluding hydrogens is 408 g/mol. The number of rotatable bonds is 8. The van der Waals surface area contributed by atoms with E-state index in [1.54, 1.807) is 25.1 Å². The lowest BCUT2D eigenvalue weighted by Gasteiger charge is -2.35. The molecule has 2 N–H and O–H groups in total. The Balaban J connectivity index is 2.00. The Morgan fingerprint density at radius 3 is 2.61 bits per heavy atom. The number of alkyl halides is 2. The molecule has 7 nitrogen and oxygen atoms in total. The Morgan fingerprint density at radius 2 is 1.94 bits per heavy atom. The van der Waals surface area contributed by atoms with E-state index in [0.29, 0.717) is 18.3 Å². The van der Waals surface area contributed by atoms with Gasteiger partial charge in [0.15, 0.2) is 0 Å². The fourth-order valence-electron chi connectivity index (χ4n) is 4.25. The molecule has 2 amide bonds. The van der Waals surface area contributed by atoms with Gasteiger partial charge in [-0.3, -0.25) is 4.90 Å². The summed E-state index contributed by atoms with van der Waals surface area (Å²) in [5.74, 6) is -0.717. The van der Waals surface area contributed by atoms with Crippen LogP contribution in [0.3, 0.4) is 0 Å². The zero-order valence-corrected chi connectivity index (χ0v) is 17.8. The van der Waals surface area contributed by atoms with Crippen molar-refractivity contribution in [2.24, 2.45) is 0 Å². The quantitative estimate of drug-likeness (QED) is 0.606. The molecule has 1 aliphatic carbocycles. The highest BCUT2D eigenvalue weighted by Gasteiger charge is 2.36. The molecule has 170 valence electrons. The van der Waals surface area contributed by atoms with Gasteiger partial charge in [-0.1, -0.05) is 37.5 Å². The molecule has 1 aromatic carbocycles. The third-order valence-electron chi connectivity index (χ3n) is 5.70. The zero-order valence-electron chi connectivity index (χ0n) is 17.8. The topological polar surface area (TPSA) is 79.9 Å². The van der Waals surface area contributed by atoms with E-state index in [0.717, 1.165) is 25.7 Å². The van der Waals surface area contributed by atoms with Crippen LogP contribution in [-0.2, 0) is 9.53 Å². The lowest BCUT2D eigenvalue weighted by Crippen LogP contribution is -2.49. The SMILES string of the molecule is CCOC(=O)C1=C(CN(C)C2CCCCC2)NC(=O)NC1c1ccccc1OC(F)F. The Kier molecular flexibility index (Phi) is 7.84. The van der Waals surface area contributed by atoms with Gasteiger partial charge in [-0.25, -0.2) is 9.59 Å². The molecule has 1 unspecified atom stereocenters. The molecule has 2 aliphatic rings. The maximum absolute atomic E-state index is 12.9. The third kappa shape index (κ3) is 5.72. The van der Waals surface area contributed by atoms with E-state index in [1.165, 1.54) is 12.5 Å². The molecule has 1 aliphatic heterocycles. The summed E-state index contributed by atoms with van der Waals surface area (Å²) in [5, 5.41) is 5.40. The van der Waals surface area contributed by atoms with E-state index >= 15 is 0 Å². The first kappa shape index (κ1) is 23.0. The van der Waals surface area contributed by atoms with E-state index in [-0.39, 0.29) is 23.5 Å². The van der Waals surface area contributed by atoms with Crippen molar-refractivity contribution in [1.82, 2.24) is 15.5 Å². The number of esters is 1. The molecule has 3 rings (SSSR count). The van der Waals surface area contributed by atoms with Crippen molar-refractivity contribution in [1.29, 1.82) is 0 Å². The number of carbonyl (C=O) groups is 2. The summed E-state index contributed by atoms with van der Waals surface area (Å²) in [4.78, 5) is 27.5. The van der Waals surface area contributed by atoms with E-state index in [1.807, 2.05) is 7.05 Å². The maximum Gasteiger partial charge on any atom is 0.387 e. The minimum absolute atomic E-state index is 0.105. The molecule has 31 heavy (non-hydrogen) atoms. The minimum atomic E-state index is -3.04. The summed E-state index contributed by atoms with van der Waals surface area (Å²) in [6, 6.07) is 4.98. The Morgan fingerprint density at radius 1 is 1.23 bits per heavy atom. The summed E-state index contributed by atoms with van der Waals surface area (Å²) >= 11 is 0. The molecule has 1 atom stereocenters. The van der Waals surface area contributed by atoms with Crippen LogP contribution in [0.1, 0.15) is 50.6 Å². The molecule has 9 heteroatoms. The van der Waals surface area contributed by atoms with Crippen LogP contribution >= 0.6 is 0 Å². The predicted octanol–water partition coefficient (Wildman–Crippen LogP) is 3.72. The van der Waals surface area contributed by atoms with Crippen LogP contribution < -0.4 is 15.4 Å². The average molecular weight is 437 g/mol. The summed E-state index contributed by atoms with van der Waals surface area (Å²) in [5.41, 5.74) is 0.861. The lowest BCUT2D eigenvalue weighted by molar-refractivity contribution is -0.139. The van der Waals surface area contributed by atoms with Crippen molar-refractivity contribution in [2.45, 2.75) is 57.7 Å². The number of benzene rings is 1. The molecule has 0 radical (unpaired) electrons. The molecule has 1 aromatic rings. The normalized spacial score (nSPS) is 19.9. The van der Waals surface area contributed by atoms with E-state index in [2.05, 4.69) is 20.3 Å². The first-order valence-corrected chi connectivity index (χ1v) is 10.6. The Hall–Kier alpha value is -2.68. The number of hydrogen-bond donors (Lipinski definition) is 2. The van der Waals surface area contributed by atoms with Crippen LogP contribution in [0.5, 0.6) is 5.75 Å². The van der Waals surface area contributed by atoms with Crippen LogP contribution in [0.15, 0.2) is 35.5 Å². The highest BCUT2D eigenvalue weighted by atomic mass is 19.3. The second kappa shape index (κ2) is 10.6. The van der Waals surface area contributed by atoms with Crippen LogP contribution in [0.2, 0.25) is 0 Å². The Bertz CT molecular complexity index is 825. The number of nitrogens with one attached hydrogen (secondary N) is 2. The van der Waals surface area contributed by atoms with Crippen molar-refractivity contribution in [3.8, 4) is 5.75 Å². The van der Waals surface area contributed by atoms with Gasteiger partial charge in [0.1, 0.15) is 5.75 Å². The maximum atomic E-state index is 12.9. The van der Waals surface area contributed by atoms with Crippen molar-refractivity contribution >= 4 is 12.0 Å². The van der Waals surface area contributed by atoms with E-state index in [4.69, 9.17) is 4.74 Å². The molecule has 0 bridgehead atoms. The van der Waals surface area contributed by atoms with Gasteiger partial charge in [-0.2, -0.15) is 8.78 Å². The van der Waals surface area contributed by atoms with Gasteiger partial charge in [-0.05, 0) is 32.9 Å². The lowest BCUT2D eigenvalue weighted by atomic mass is 9.92. The average Bonchev–Trinajstić information content (AvgIpc) is 2.74. The van der Waals surface area contributed by atoms with Crippen molar-refractivity contribution in [3.05, 3.63) is 41.1 Å². The molecule has 1 fully saturated rings. The smallest absolute Gasteiger partial charge is 0.387 e. The highest BCUT2D eigenvalue weighted by molar-refractivity contribution is 5.95. The number of hydrogen-bond acceptors (Lipinski definition) is 5. The zero-order chi connectivity index (χ0) is 22.4. The second-order valence-electron chi connectivity index (χ2n) is 7.77. The van der Waals surface area contributed by atoms with Crippen LogP contribution in [0.4, 0.5) is 13.6 Å². The molecule has 1 heterocycles. The number of nitrogens with zero attached hydrogens (tertiary/aromatic N) is 1. The number of halogens is 2. The largest absolute Gasteiger partial charge is 0.463 e. The first-order chi connectivity index (χ1) is 14.9. The van der Waals surface area contributed by atoms with Gasteiger partial charge in [-0.15, -0.1) is 0 Å². The predicted molar refractivity (Wildman–Crippen MR) is 111 cm³/mol. The highest BCUT2D eigenvalue weighted by Crippen LogP contribution is 2.35. The fourth-order valence-corrected chi connectivity index (χ4v) is 4.25. The van der Waals surface area contributed by atoms with Crippen molar-refractivity contribution in [3.63, 3.8) is 0 Å². The summed E-state index contributed by atoms with van der Waals surface area (Å²) in [6.07, 6.45) is 5.62. The summed E-state index contributed by atoms with van der Waals surface area (Å²) in [6.45, 7) is -0.875. The summed E-state index contributed by atoms with van der Waals surface area (Å²) in [7, 11) is 1.96. The molecule has 0 saturated heterocycles. The number of ether oxygens (including phenoxy) is 2. The molecular formula is C22H29F2N3O4. The number of amides is 2. The van der Waals surface area contributed by atoms with Gasteiger partial charge in [0, 0.05) is 23.8 Å². The number of likely N-dealkylation sites (N-methyl/N-ethyl adjacent to an activating group) is 1. The number of carbonyl (C=O) groups excluding carboxylic acids is 2. The van der Waals surface area contributed by atoms with Crippen LogP contribution in [-0.4, -0.2) is 49.8 Å². The number of urea groups is 1. The monoisotopic (exact) mass is 437 g/mol. The van der Waals surface area contributed by atoms with Gasteiger partial charge in [0.25, 0.3) is 0 Å². The van der Waals surface area contributed by atoms with Gasteiger partial charge in [0.05, 0.1) is 18.2 Å². The third-order valence-corrected chi connectivity index (χ3v) is 5.70. The molecule has 0 aromatic heterocycles. The van der Waals surface area contributed by atoms with Crippen LogP contribution in [0, 0.1) is 0 Å². The van der Waals surface area contributed by atoms with Crippen molar-refractivity contribution in [2.75, 3.05) is 20.2 Å². The van der Waals surface area contributed by atoms with Crippen LogP contribution in [0.25, 0.3) is 0 Å². The standard InChI is InChI=1S/C22H29F2N3O4/c1-3-30-20(28)18-16(13-27(2)14-9-5-4-6-10-14)25-22(29)26-19(18)15-11-7-8-12-17(15)31-21(23)24/h7-8,11-12,14,19,21H,3-6,9-10,13H2,1-2H3,(H2,25,26,29). The van der Waals surface area contributed by atoms with Gasteiger partial charge >= 0.3 is 18.6 Å². The first-order valence-electron chi connectivity index (χ1n) is 10.6. The van der Waals surface area contributed by atoms with E-state index in [9.17, 15) is 18.4 Å². The minimum Gasteiger partial charge on any atom is -0.463 e. The van der Waals surface area contributed by atoms with Crippen molar-refractivity contribution < 1.29 is 27.8 Å². The van der Waals surface area contributed by atoms with Gasteiger partial charge in [0.2, 0.25) is 0 Å². The Labute approximate surface area is 180 Å². The summed E-state index contributed by atoms with van der Waals surface area (Å²) < 4.78 is 35.8. The molecule has 1 saturated carbocycles. The van der Waals surface area contributed by atoms with Gasteiger partial charge < -0.3 is 20.1 Å². The number of para-hydroxylation sites is 1. The van der Waals surface area contributed by atoms with E-state index < -0.39 is 24.7 Å². The second-order valence-corrected chi connectivity index (χ2v) is 7.77.